The van der Waals surface area contributed by atoms with Gasteiger partial charge in [0.15, 0.2) is 0 Å². The minimum absolute atomic E-state index is 0.0312. The van der Waals surface area contributed by atoms with E-state index in [-0.39, 0.29) is 23.7 Å². The summed E-state index contributed by atoms with van der Waals surface area (Å²) >= 11 is 0. The Hall–Kier alpha value is -2.09. The van der Waals surface area contributed by atoms with Crippen LogP contribution in [-0.4, -0.2) is 25.0 Å². The van der Waals surface area contributed by atoms with Crippen LogP contribution in [0.4, 0.5) is 10.1 Å². The number of fused-ring (bicyclic) bond motifs is 1. The maximum absolute atomic E-state index is 14.1. The molecular formula is C14H14FN3O. The molecule has 1 aromatic rings. The summed E-state index contributed by atoms with van der Waals surface area (Å²) in [5.41, 5.74) is 0.806. The number of piperidine rings is 1. The zero-order valence-electron chi connectivity index (χ0n) is 10.4. The van der Waals surface area contributed by atoms with Crippen LogP contribution in [0.5, 0.6) is 0 Å². The molecule has 98 valence electrons. The lowest BCUT2D eigenvalue weighted by molar-refractivity contribution is -0.123. The van der Waals surface area contributed by atoms with E-state index in [1.165, 1.54) is 6.07 Å². The normalized spacial score (nSPS) is 25.7. The van der Waals surface area contributed by atoms with E-state index in [2.05, 4.69) is 5.32 Å². The molecule has 3 rings (SSSR count). The number of rotatable bonds is 1. The zero-order valence-corrected chi connectivity index (χ0v) is 10.4. The summed E-state index contributed by atoms with van der Waals surface area (Å²) in [4.78, 5) is 13.7. The van der Waals surface area contributed by atoms with Crippen molar-refractivity contribution in [3.05, 3.63) is 29.6 Å². The monoisotopic (exact) mass is 259 g/mol. The van der Waals surface area contributed by atoms with E-state index in [1.54, 1.807) is 12.1 Å². The number of hydrogen-bond acceptors (Lipinski definition) is 3. The molecule has 2 aliphatic rings. The van der Waals surface area contributed by atoms with Crippen molar-refractivity contribution in [3.63, 3.8) is 0 Å². The molecule has 1 amide bonds. The molecule has 0 saturated carbocycles. The first kappa shape index (κ1) is 12.0. The van der Waals surface area contributed by atoms with E-state index in [4.69, 9.17) is 5.26 Å². The Bertz CT molecular complexity index is 566. The van der Waals surface area contributed by atoms with Gasteiger partial charge in [-0.2, -0.15) is 5.26 Å². The Morgan fingerprint density at radius 2 is 2.32 bits per heavy atom. The highest BCUT2D eigenvalue weighted by molar-refractivity contribution is 5.83. The lowest BCUT2D eigenvalue weighted by atomic mass is 9.91. The van der Waals surface area contributed by atoms with Crippen LogP contribution < -0.4 is 10.2 Å². The fourth-order valence-electron chi connectivity index (χ4n) is 3.06. The third-order valence-electron chi connectivity index (χ3n) is 3.99. The summed E-state index contributed by atoms with van der Waals surface area (Å²) in [7, 11) is 0. The van der Waals surface area contributed by atoms with Gasteiger partial charge in [-0.05, 0) is 31.0 Å². The number of benzene rings is 1. The number of nitriles is 1. The summed E-state index contributed by atoms with van der Waals surface area (Å²) in [5.74, 6) is -0.355. The second kappa shape index (κ2) is 4.54. The van der Waals surface area contributed by atoms with E-state index in [9.17, 15) is 9.18 Å². The highest BCUT2D eigenvalue weighted by Gasteiger charge is 2.41. The number of hydrogen-bond donors (Lipinski definition) is 1. The van der Waals surface area contributed by atoms with Crippen LogP contribution in [0.25, 0.3) is 0 Å². The van der Waals surface area contributed by atoms with Gasteiger partial charge in [-0.1, -0.05) is 0 Å². The number of halogens is 1. The maximum atomic E-state index is 14.1. The van der Waals surface area contributed by atoms with E-state index in [0.29, 0.717) is 17.8 Å². The topological polar surface area (TPSA) is 56.1 Å². The number of carbonyl (C=O) groups is 1. The zero-order chi connectivity index (χ0) is 13.4. The molecule has 2 heterocycles. The van der Waals surface area contributed by atoms with E-state index < -0.39 is 0 Å². The van der Waals surface area contributed by atoms with Gasteiger partial charge in [0.05, 0.1) is 29.3 Å². The number of carbonyl (C=O) groups excluding carboxylic acids is 1. The molecule has 0 bridgehead atoms. The number of anilines is 1. The Labute approximate surface area is 110 Å². The average molecular weight is 259 g/mol. The minimum atomic E-state index is -0.390. The minimum Gasteiger partial charge on any atom is -0.364 e. The van der Waals surface area contributed by atoms with E-state index in [0.717, 1.165) is 19.4 Å². The standard InChI is InChI=1S/C14H14FN3O/c15-11-6-9(7-16)3-4-12(11)18-5-1-2-10-13(18)8-17-14(10)19/h3-4,6,10,13H,1-2,5,8H2,(H,17,19). The van der Waals surface area contributed by atoms with Crippen LogP contribution in [0.3, 0.4) is 0 Å². The molecule has 2 unspecified atom stereocenters. The third kappa shape index (κ3) is 1.93. The molecule has 0 spiro atoms. The molecular weight excluding hydrogens is 245 g/mol. The number of nitrogens with zero attached hydrogens (tertiary/aromatic N) is 2. The third-order valence-corrected chi connectivity index (χ3v) is 3.99. The first-order chi connectivity index (χ1) is 9.20. The van der Waals surface area contributed by atoms with Crippen molar-refractivity contribution in [3.8, 4) is 6.07 Å². The Kier molecular flexibility index (Phi) is 2.86. The van der Waals surface area contributed by atoms with Crippen molar-refractivity contribution < 1.29 is 9.18 Å². The fraction of sp³-hybridized carbons (Fsp3) is 0.429. The van der Waals surface area contributed by atoms with Crippen molar-refractivity contribution >= 4 is 11.6 Å². The van der Waals surface area contributed by atoms with Crippen molar-refractivity contribution in [1.82, 2.24) is 5.32 Å². The predicted octanol–water partition coefficient (Wildman–Crippen LogP) is 1.41. The first-order valence-electron chi connectivity index (χ1n) is 6.44. The molecule has 0 aromatic heterocycles. The van der Waals surface area contributed by atoms with Crippen LogP contribution >= 0.6 is 0 Å². The molecule has 2 aliphatic heterocycles. The lowest BCUT2D eigenvalue weighted by Gasteiger charge is -2.37. The number of nitrogens with one attached hydrogen (secondary N) is 1. The van der Waals surface area contributed by atoms with Crippen LogP contribution in [0, 0.1) is 23.1 Å². The molecule has 2 atom stereocenters. The van der Waals surface area contributed by atoms with Crippen molar-refractivity contribution in [1.29, 1.82) is 5.26 Å². The highest BCUT2D eigenvalue weighted by atomic mass is 19.1. The van der Waals surface area contributed by atoms with Crippen molar-refractivity contribution in [2.24, 2.45) is 5.92 Å². The molecule has 4 nitrogen and oxygen atoms in total. The van der Waals surface area contributed by atoms with Gasteiger partial charge in [-0.25, -0.2) is 4.39 Å². The Balaban J connectivity index is 1.93. The predicted molar refractivity (Wildman–Crippen MR) is 68.0 cm³/mol. The molecule has 1 aromatic carbocycles. The molecule has 2 fully saturated rings. The van der Waals surface area contributed by atoms with E-state index >= 15 is 0 Å². The quantitative estimate of drug-likeness (QED) is 0.829. The second-order valence-corrected chi connectivity index (χ2v) is 5.03. The summed E-state index contributed by atoms with van der Waals surface area (Å²) in [6.07, 6.45) is 1.75. The van der Waals surface area contributed by atoms with Crippen LogP contribution in [0.1, 0.15) is 18.4 Å². The smallest absolute Gasteiger partial charge is 0.225 e. The summed E-state index contributed by atoms with van der Waals surface area (Å²) in [6, 6.07) is 6.47. The van der Waals surface area contributed by atoms with Gasteiger partial charge in [0, 0.05) is 13.1 Å². The molecule has 0 radical (unpaired) electrons. The van der Waals surface area contributed by atoms with Gasteiger partial charge in [-0.15, -0.1) is 0 Å². The molecule has 2 saturated heterocycles. The van der Waals surface area contributed by atoms with E-state index in [1.807, 2.05) is 11.0 Å². The van der Waals surface area contributed by atoms with Gasteiger partial charge >= 0.3 is 0 Å². The molecule has 0 aliphatic carbocycles. The fourth-order valence-corrected chi connectivity index (χ4v) is 3.06. The summed E-state index contributed by atoms with van der Waals surface area (Å²) in [6.45, 7) is 1.32. The van der Waals surface area contributed by atoms with Crippen LogP contribution in [-0.2, 0) is 4.79 Å². The van der Waals surface area contributed by atoms with Gasteiger partial charge in [0.1, 0.15) is 5.82 Å². The summed E-state index contributed by atoms with van der Waals surface area (Å²) in [5, 5.41) is 11.6. The van der Waals surface area contributed by atoms with Gasteiger partial charge < -0.3 is 10.2 Å². The first-order valence-corrected chi connectivity index (χ1v) is 6.44. The highest BCUT2D eigenvalue weighted by Crippen LogP contribution is 2.33. The lowest BCUT2D eigenvalue weighted by Crippen LogP contribution is -2.46. The van der Waals surface area contributed by atoms with Gasteiger partial charge in [0.2, 0.25) is 5.91 Å². The second-order valence-electron chi connectivity index (χ2n) is 5.03. The van der Waals surface area contributed by atoms with Crippen molar-refractivity contribution in [2.75, 3.05) is 18.0 Å². The largest absolute Gasteiger partial charge is 0.364 e. The Morgan fingerprint density at radius 3 is 3.05 bits per heavy atom. The van der Waals surface area contributed by atoms with Crippen LogP contribution in [0.15, 0.2) is 18.2 Å². The van der Waals surface area contributed by atoms with Gasteiger partial charge in [-0.3, -0.25) is 4.79 Å². The Morgan fingerprint density at radius 1 is 1.47 bits per heavy atom. The van der Waals surface area contributed by atoms with Crippen molar-refractivity contribution in [2.45, 2.75) is 18.9 Å². The molecule has 19 heavy (non-hydrogen) atoms. The number of amides is 1. The summed E-state index contributed by atoms with van der Waals surface area (Å²) < 4.78 is 14.1. The molecule has 5 heteroatoms. The maximum Gasteiger partial charge on any atom is 0.225 e. The van der Waals surface area contributed by atoms with Crippen LogP contribution in [0.2, 0.25) is 0 Å². The molecule has 1 N–H and O–H groups in total. The van der Waals surface area contributed by atoms with Gasteiger partial charge in [0.25, 0.3) is 0 Å². The SMILES string of the molecule is N#Cc1ccc(N2CCCC3C(=O)NCC32)c(F)c1. The average Bonchev–Trinajstić information content (AvgIpc) is 2.81.